The largest absolute Gasteiger partial charge is 0.465 e. The molecular weight excluding hydrogens is 254 g/mol. The highest BCUT2D eigenvalue weighted by Crippen LogP contribution is 2.23. The van der Waals surface area contributed by atoms with Crippen molar-refractivity contribution in [3.05, 3.63) is 15.9 Å². The summed E-state index contributed by atoms with van der Waals surface area (Å²) in [4.78, 5) is 10.9. The molecule has 1 heterocycles. The van der Waals surface area contributed by atoms with Crippen LogP contribution < -0.4 is 5.32 Å². The molecule has 0 atom stereocenters. The maximum Gasteiger partial charge on any atom is 0.325 e. The van der Waals surface area contributed by atoms with Gasteiger partial charge in [0.05, 0.1) is 11.6 Å². The lowest BCUT2D eigenvalue weighted by atomic mass is 10.6. The fourth-order valence-electron chi connectivity index (χ4n) is 0.777. The molecule has 72 valence electrons. The van der Waals surface area contributed by atoms with Crippen molar-refractivity contribution >= 4 is 38.2 Å². The van der Waals surface area contributed by atoms with Crippen molar-refractivity contribution in [2.24, 2.45) is 0 Å². The molecule has 0 aromatic carbocycles. The summed E-state index contributed by atoms with van der Waals surface area (Å²) in [6, 6.07) is 1.92. The molecule has 1 rings (SSSR count). The molecule has 1 aromatic rings. The first-order chi connectivity index (χ1) is 6.22. The fraction of sp³-hybridized carbons (Fsp3) is 0.375. The first-order valence-electron chi connectivity index (χ1n) is 3.86. The van der Waals surface area contributed by atoms with Gasteiger partial charge in [0.1, 0.15) is 6.54 Å². The third-order valence-corrected chi connectivity index (χ3v) is 2.93. The summed E-state index contributed by atoms with van der Waals surface area (Å²) in [6.07, 6.45) is 0. The highest BCUT2D eigenvalue weighted by atomic mass is 79.9. The summed E-state index contributed by atoms with van der Waals surface area (Å²) in [6.45, 7) is 2.44. The van der Waals surface area contributed by atoms with E-state index in [4.69, 9.17) is 4.74 Å². The monoisotopic (exact) mass is 263 g/mol. The number of ether oxygens (including phenoxy) is 1. The van der Waals surface area contributed by atoms with Crippen molar-refractivity contribution in [2.45, 2.75) is 6.92 Å². The van der Waals surface area contributed by atoms with Gasteiger partial charge >= 0.3 is 5.97 Å². The molecule has 5 heteroatoms. The molecule has 0 fully saturated rings. The van der Waals surface area contributed by atoms with Gasteiger partial charge < -0.3 is 10.1 Å². The number of thiophene rings is 1. The minimum Gasteiger partial charge on any atom is -0.465 e. The van der Waals surface area contributed by atoms with Gasteiger partial charge in [0, 0.05) is 9.85 Å². The molecule has 13 heavy (non-hydrogen) atoms. The van der Waals surface area contributed by atoms with Gasteiger partial charge in [0.25, 0.3) is 0 Å². The van der Waals surface area contributed by atoms with Crippen LogP contribution in [0.5, 0.6) is 0 Å². The minimum atomic E-state index is -0.230. The zero-order valence-corrected chi connectivity index (χ0v) is 9.57. The molecule has 0 aliphatic rings. The van der Waals surface area contributed by atoms with Crippen molar-refractivity contribution in [1.29, 1.82) is 0 Å². The molecule has 0 saturated heterocycles. The molecule has 0 unspecified atom stereocenters. The molecule has 1 N–H and O–H groups in total. The second kappa shape index (κ2) is 5.24. The van der Waals surface area contributed by atoms with Crippen molar-refractivity contribution in [3.8, 4) is 0 Å². The number of halogens is 1. The SMILES string of the molecule is CCOC(=O)CNc1cc(Br)cs1. The highest BCUT2D eigenvalue weighted by molar-refractivity contribution is 9.10. The van der Waals surface area contributed by atoms with Crippen LogP contribution in [0.25, 0.3) is 0 Å². The lowest BCUT2D eigenvalue weighted by Gasteiger charge is -2.02. The molecule has 0 aliphatic heterocycles. The number of anilines is 1. The first kappa shape index (κ1) is 10.5. The maximum atomic E-state index is 10.9. The van der Waals surface area contributed by atoms with E-state index < -0.39 is 0 Å². The van der Waals surface area contributed by atoms with E-state index in [9.17, 15) is 4.79 Å². The second-order valence-electron chi connectivity index (χ2n) is 2.29. The summed E-state index contributed by atoms with van der Waals surface area (Å²) in [7, 11) is 0. The van der Waals surface area contributed by atoms with Gasteiger partial charge in [0.2, 0.25) is 0 Å². The lowest BCUT2D eigenvalue weighted by Crippen LogP contribution is -2.15. The standard InChI is InChI=1S/C8H10BrNO2S/c1-2-12-8(11)4-10-7-3-6(9)5-13-7/h3,5,10H,2,4H2,1H3. The Morgan fingerprint density at radius 2 is 2.54 bits per heavy atom. The summed E-state index contributed by atoms with van der Waals surface area (Å²) in [5.41, 5.74) is 0. The van der Waals surface area contributed by atoms with E-state index in [2.05, 4.69) is 21.2 Å². The van der Waals surface area contributed by atoms with Crippen LogP contribution in [-0.4, -0.2) is 19.1 Å². The Morgan fingerprint density at radius 1 is 1.77 bits per heavy atom. The Labute approximate surface area is 89.2 Å². The Bertz CT molecular complexity index is 287. The van der Waals surface area contributed by atoms with Gasteiger partial charge in [-0.2, -0.15) is 0 Å². The number of hydrogen-bond donors (Lipinski definition) is 1. The van der Waals surface area contributed by atoms with Crippen molar-refractivity contribution in [1.82, 2.24) is 0 Å². The van der Waals surface area contributed by atoms with Crippen LogP contribution in [0.2, 0.25) is 0 Å². The van der Waals surface area contributed by atoms with Gasteiger partial charge in [0.15, 0.2) is 0 Å². The van der Waals surface area contributed by atoms with E-state index in [1.165, 1.54) is 0 Å². The first-order valence-corrected chi connectivity index (χ1v) is 5.53. The second-order valence-corrected chi connectivity index (χ2v) is 4.11. The predicted octanol–water partition coefficient (Wildman–Crippen LogP) is 2.49. The normalized spacial score (nSPS) is 9.69. The number of hydrogen-bond acceptors (Lipinski definition) is 4. The van der Waals surface area contributed by atoms with E-state index >= 15 is 0 Å². The van der Waals surface area contributed by atoms with Gasteiger partial charge in [-0.25, -0.2) is 0 Å². The number of esters is 1. The van der Waals surface area contributed by atoms with Crippen LogP contribution in [0, 0.1) is 0 Å². The van der Waals surface area contributed by atoms with Gasteiger partial charge in [-0.1, -0.05) is 0 Å². The van der Waals surface area contributed by atoms with E-state index in [1.807, 2.05) is 11.4 Å². The topological polar surface area (TPSA) is 38.3 Å². The van der Waals surface area contributed by atoms with Crippen molar-refractivity contribution in [3.63, 3.8) is 0 Å². The van der Waals surface area contributed by atoms with Gasteiger partial charge in [-0.15, -0.1) is 11.3 Å². The summed E-state index contributed by atoms with van der Waals surface area (Å²) >= 11 is 4.87. The summed E-state index contributed by atoms with van der Waals surface area (Å²) in [5.74, 6) is -0.230. The Hall–Kier alpha value is -0.550. The van der Waals surface area contributed by atoms with Crippen molar-refractivity contribution in [2.75, 3.05) is 18.5 Å². The van der Waals surface area contributed by atoms with Crippen LogP contribution >= 0.6 is 27.3 Å². The molecule has 0 radical (unpaired) electrons. The zero-order chi connectivity index (χ0) is 9.68. The smallest absolute Gasteiger partial charge is 0.325 e. The van der Waals surface area contributed by atoms with Crippen LogP contribution in [-0.2, 0) is 9.53 Å². The van der Waals surface area contributed by atoms with E-state index in [-0.39, 0.29) is 12.5 Å². The van der Waals surface area contributed by atoms with Crippen molar-refractivity contribution < 1.29 is 9.53 Å². The van der Waals surface area contributed by atoms with E-state index in [0.29, 0.717) is 6.61 Å². The van der Waals surface area contributed by atoms with E-state index in [0.717, 1.165) is 9.47 Å². The minimum absolute atomic E-state index is 0.223. The average molecular weight is 264 g/mol. The molecule has 0 amide bonds. The number of nitrogens with one attached hydrogen (secondary N) is 1. The molecule has 1 aromatic heterocycles. The molecule has 3 nitrogen and oxygen atoms in total. The molecule has 0 bridgehead atoms. The maximum absolute atomic E-state index is 10.9. The number of rotatable bonds is 4. The number of carbonyl (C=O) groups excluding carboxylic acids is 1. The van der Waals surface area contributed by atoms with Crippen LogP contribution in [0.4, 0.5) is 5.00 Å². The van der Waals surface area contributed by atoms with Crippen LogP contribution in [0.15, 0.2) is 15.9 Å². The Morgan fingerprint density at radius 3 is 3.08 bits per heavy atom. The Kier molecular flexibility index (Phi) is 4.24. The summed E-state index contributed by atoms with van der Waals surface area (Å²) in [5, 5.41) is 5.87. The van der Waals surface area contributed by atoms with Crippen LogP contribution in [0.1, 0.15) is 6.92 Å². The predicted molar refractivity (Wildman–Crippen MR) is 57.1 cm³/mol. The molecular formula is C8H10BrNO2S. The lowest BCUT2D eigenvalue weighted by molar-refractivity contribution is -0.140. The molecule has 0 spiro atoms. The number of carbonyl (C=O) groups is 1. The molecule has 0 aliphatic carbocycles. The summed E-state index contributed by atoms with van der Waals surface area (Å²) < 4.78 is 5.78. The van der Waals surface area contributed by atoms with Crippen LogP contribution in [0.3, 0.4) is 0 Å². The molecule has 0 saturated carbocycles. The highest BCUT2D eigenvalue weighted by Gasteiger charge is 2.02. The van der Waals surface area contributed by atoms with E-state index in [1.54, 1.807) is 18.3 Å². The Balaban J connectivity index is 2.30. The zero-order valence-electron chi connectivity index (χ0n) is 7.17. The quantitative estimate of drug-likeness (QED) is 0.849. The van der Waals surface area contributed by atoms with Gasteiger partial charge in [-0.05, 0) is 28.9 Å². The fourth-order valence-corrected chi connectivity index (χ4v) is 2.10. The average Bonchev–Trinajstić information content (AvgIpc) is 2.49. The van der Waals surface area contributed by atoms with Gasteiger partial charge in [-0.3, -0.25) is 4.79 Å². The third kappa shape index (κ3) is 3.78. The third-order valence-electron chi connectivity index (χ3n) is 1.28.